The molecule has 2 atom stereocenters. The number of halogens is 2. The zero-order chi connectivity index (χ0) is 13.4. The maximum absolute atomic E-state index is 3.89. The third-order valence-corrected chi connectivity index (χ3v) is 8.21. The van der Waals surface area contributed by atoms with Gasteiger partial charge in [-0.3, -0.25) is 0 Å². The second kappa shape index (κ2) is 4.13. The molecule has 1 aromatic heterocycles. The van der Waals surface area contributed by atoms with E-state index in [9.17, 15) is 0 Å². The van der Waals surface area contributed by atoms with Crippen molar-refractivity contribution < 1.29 is 0 Å². The Hall–Kier alpha value is -0.290. The topological polar surface area (TPSA) is 0 Å². The molecule has 0 saturated heterocycles. The number of rotatable bonds is 0. The molecule has 2 unspecified atom stereocenters. The molecular formula is C16H8Br2S2. The average molecular weight is 424 g/mol. The minimum Gasteiger partial charge on any atom is -0.128 e. The molecule has 0 amide bonds. The summed E-state index contributed by atoms with van der Waals surface area (Å²) in [5, 5.41) is 1.45. The zero-order valence-electron chi connectivity index (χ0n) is 10.2. The van der Waals surface area contributed by atoms with Crippen molar-refractivity contribution in [3.63, 3.8) is 0 Å². The van der Waals surface area contributed by atoms with Crippen LogP contribution in [-0.2, 0) is 0 Å². The standard InChI is InChI=1S/C16H8Br2S2/c17-15-13-7-3-1-5-9-11(7)14(16(18)19-9)8-4-2-6-10(20-15)12(8)13/h1-6,13,15H. The zero-order valence-corrected chi connectivity index (χ0v) is 15.0. The van der Waals surface area contributed by atoms with Crippen LogP contribution in [0.1, 0.15) is 17.0 Å². The smallest absolute Gasteiger partial charge is 0.0789 e. The third-order valence-electron chi connectivity index (χ3n) is 4.19. The Morgan fingerprint density at radius 2 is 1.90 bits per heavy atom. The highest BCUT2D eigenvalue weighted by atomic mass is 79.9. The molecule has 0 bridgehead atoms. The first kappa shape index (κ1) is 12.3. The van der Waals surface area contributed by atoms with Gasteiger partial charge in [-0.1, -0.05) is 40.2 Å². The Kier molecular flexibility index (Phi) is 2.53. The lowest BCUT2D eigenvalue weighted by Crippen LogP contribution is -2.10. The van der Waals surface area contributed by atoms with Crippen molar-refractivity contribution in [3.05, 3.63) is 51.3 Å². The van der Waals surface area contributed by atoms with Crippen LogP contribution in [0.2, 0.25) is 0 Å². The molecule has 0 radical (unpaired) electrons. The van der Waals surface area contributed by atoms with Crippen molar-refractivity contribution in [2.75, 3.05) is 0 Å². The van der Waals surface area contributed by atoms with Gasteiger partial charge in [0.25, 0.3) is 0 Å². The lowest BCUT2D eigenvalue weighted by Gasteiger charge is -2.24. The van der Waals surface area contributed by atoms with Gasteiger partial charge in [0.15, 0.2) is 0 Å². The summed E-state index contributed by atoms with van der Waals surface area (Å²) in [6, 6.07) is 13.4. The summed E-state index contributed by atoms with van der Waals surface area (Å²) in [7, 11) is 0. The molecule has 98 valence electrons. The van der Waals surface area contributed by atoms with Gasteiger partial charge in [-0.25, -0.2) is 0 Å². The van der Waals surface area contributed by atoms with Gasteiger partial charge in [0.05, 0.1) is 7.95 Å². The Morgan fingerprint density at radius 1 is 1.05 bits per heavy atom. The van der Waals surface area contributed by atoms with Gasteiger partial charge in [-0.2, -0.15) is 0 Å². The highest BCUT2D eigenvalue weighted by molar-refractivity contribution is 9.11. The highest BCUT2D eigenvalue weighted by Crippen LogP contribution is 2.61. The van der Waals surface area contributed by atoms with Gasteiger partial charge in [0.2, 0.25) is 0 Å². The van der Waals surface area contributed by atoms with Crippen molar-refractivity contribution >= 4 is 65.0 Å². The quantitative estimate of drug-likeness (QED) is 0.367. The van der Waals surface area contributed by atoms with Crippen molar-refractivity contribution in [1.82, 2.24) is 0 Å². The van der Waals surface area contributed by atoms with E-state index in [0.717, 1.165) is 0 Å². The lowest BCUT2D eigenvalue weighted by atomic mass is 9.80. The Morgan fingerprint density at radius 3 is 2.80 bits per heavy atom. The summed E-state index contributed by atoms with van der Waals surface area (Å²) in [6.45, 7) is 0. The number of hydrogen-bond donors (Lipinski definition) is 0. The minimum absolute atomic E-state index is 0.441. The molecule has 1 aliphatic carbocycles. The van der Waals surface area contributed by atoms with Crippen LogP contribution in [0.3, 0.4) is 0 Å². The SMILES string of the molecule is Brc1sc2cccc3c2c1-c1cccc2c1C3C(Br)S2. The van der Waals surface area contributed by atoms with E-state index >= 15 is 0 Å². The van der Waals surface area contributed by atoms with E-state index in [1.165, 1.54) is 41.0 Å². The molecule has 3 aromatic rings. The first-order chi connectivity index (χ1) is 9.75. The average Bonchev–Trinajstić information content (AvgIpc) is 2.95. The van der Waals surface area contributed by atoms with Crippen LogP contribution in [0.25, 0.3) is 21.2 Å². The van der Waals surface area contributed by atoms with E-state index in [2.05, 4.69) is 68.3 Å². The van der Waals surface area contributed by atoms with E-state index in [1.807, 2.05) is 23.1 Å². The molecule has 20 heavy (non-hydrogen) atoms. The van der Waals surface area contributed by atoms with E-state index in [1.54, 1.807) is 0 Å². The van der Waals surface area contributed by atoms with Crippen molar-refractivity contribution in [2.24, 2.45) is 0 Å². The van der Waals surface area contributed by atoms with Crippen LogP contribution in [0.5, 0.6) is 0 Å². The molecule has 2 aromatic carbocycles. The van der Waals surface area contributed by atoms with Gasteiger partial charge in [-0.15, -0.1) is 23.1 Å². The molecule has 2 aliphatic rings. The van der Waals surface area contributed by atoms with Crippen LogP contribution >= 0.6 is 55.0 Å². The van der Waals surface area contributed by atoms with Crippen LogP contribution in [0.4, 0.5) is 0 Å². The maximum Gasteiger partial charge on any atom is 0.0789 e. The molecule has 0 nitrogen and oxygen atoms in total. The fraction of sp³-hybridized carbons (Fsp3) is 0.125. The molecule has 2 heterocycles. The largest absolute Gasteiger partial charge is 0.128 e. The van der Waals surface area contributed by atoms with Gasteiger partial charge >= 0.3 is 0 Å². The predicted molar refractivity (Wildman–Crippen MR) is 95.4 cm³/mol. The van der Waals surface area contributed by atoms with E-state index in [-0.39, 0.29) is 0 Å². The second-order valence-electron chi connectivity index (χ2n) is 5.14. The molecule has 0 spiro atoms. The monoisotopic (exact) mass is 422 g/mol. The summed E-state index contributed by atoms with van der Waals surface area (Å²) in [4.78, 5) is 1.43. The number of hydrogen-bond acceptors (Lipinski definition) is 2. The molecule has 1 aliphatic heterocycles. The van der Waals surface area contributed by atoms with Gasteiger partial charge in [0.1, 0.15) is 0 Å². The van der Waals surface area contributed by atoms with Gasteiger partial charge in [0, 0.05) is 26.5 Å². The Bertz CT molecular complexity index is 882. The second-order valence-corrected chi connectivity index (χ2v) is 10.3. The molecule has 4 heteroatoms. The summed E-state index contributed by atoms with van der Waals surface area (Å²) in [6.07, 6.45) is 0. The number of alkyl halides is 1. The predicted octanol–water partition coefficient (Wildman–Crippen LogP) is 6.60. The molecule has 0 saturated carbocycles. The minimum atomic E-state index is 0.441. The van der Waals surface area contributed by atoms with E-state index < -0.39 is 0 Å². The molecule has 0 N–H and O–H groups in total. The molecular weight excluding hydrogens is 416 g/mol. The summed E-state index contributed by atoms with van der Waals surface area (Å²) in [5.74, 6) is 0.476. The van der Waals surface area contributed by atoms with Crippen LogP contribution in [-0.4, -0.2) is 4.16 Å². The summed E-state index contributed by atoms with van der Waals surface area (Å²) < 4.78 is 3.09. The van der Waals surface area contributed by atoms with Crippen LogP contribution in [0, 0.1) is 0 Å². The van der Waals surface area contributed by atoms with Crippen LogP contribution < -0.4 is 0 Å². The van der Waals surface area contributed by atoms with Gasteiger partial charge < -0.3 is 0 Å². The highest BCUT2D eigenvalue weighted by Gasteiger charge is 2.40. The van der Waals surface area contributed by atoms with Crippen molar-refractivity contribution in [3.8, 4) is 11.1 Å². The number of thioether (sulfide) groups is 1. The normalized spacial score (nSPS) is 22.3. The molecule has 5 rings (SSSR count). The Labute approximate surface area is 141 Å². The van der Waals surface area contributed by atoms with Crippen molar-refractivity contribution in [2.45, 2.75) is 15.0 Å². The Balaban J connectivity index is 2.04. The summed E-state index contributed by atoms with van der Waals surface area (Å²) >= 11 is 11.5. The lowest BCUT2D eigenvalue weighted by molar-refractivity contribution is 0.919. The van der Waals surface area contributed by atoms with Crippen molar-refractivity contribution in [1.29, 1.82) is 0 Å². The van der Waals surface area contributed by atoms with Gasteiger partial charge in [-0.05, 0) is 44.8 Å². The third kappa shape index (κ3) is 1.39. The maximum atomic E-state index is 3.89. The fourth-order valence-electron chi connectivity index (χ4n) is 3.45. The summed E-state index contributed by atoms with van der Waals surface area (Å²) in [5.41, 5.74) is 5.81. The first-order valence-electron chi connectivity index (χ1n) is 6.40. The number of thiophene rings is 1. The van der Waals surface area contributed by atoms with Crippen LogP contribution in [0.15, 0.2) is 45.1 Å². The molecule has 0 fully saturated rings. The first-order valence-corrected chi connectivity index (χ1v) is 9.81. The number of fused-ring (bicyclic) bond motifs is 2. The van der Waals surface area contributed by atoms with E-state index in [0.29, 0.717) is 10.1 Å². The van der Waals surface area contributed by atoms with E-state index in [4.69, 9.17) is 0 Å². The fourth-order valence-corrected chi connectivity index (χ4v) is 7.70. The number of benzene rings is 2.